The van der Waals surface area contributed by atoms with Crippen LogP contribution in [0.4, 0.5) is 0 Å². The molecule has 78 valence electrons. The molecule has 1 N–H and O–H groups in total. The lowest BCUT2D eigenvalue weighted by atomic mass is 10.2. The summed E-state index contributed by atoms with van der Waals surface area (Å²) in [5.41, 5.74) is -0.163. The van der Waals surface area contributed by atoms with E-state index in [1.807, 2.05) is 20.8 Å². The van der Waals surface area contributed by atoms with Gasteiger partial charge in [0.1, 0.15) is 0 Å². The lowest BCUT2D eigenvalue weighted by Crippen LogP contribution is -2.28. The fourth-order valence-electron chi connectivity index (χ4n) is 0.734. The molecule has 0 heterocycles. The zero-order valence-corrected chi connectivity index (χ0v) is 9.49. The minimum absolute atomic E-state index is 0.0262. The molecule has 0 aliphatic heterocycles. The first-order valence-electron chi connectivity index (χ1n) is 4.47. The summed E-state index contributed by atoms with van der Waals surface area (Å²) in [6, 6.07) is 0. The highest BCUT2D eigenvalue weighted by molar-refractivity contribution is 7.80. The van der Waals surface area contributed by atoms with Gasteiger partial charge in [0.25, 0.3) is 0 Å². The molecule has 0 spiro atoms. The van der Waals surface area contributed by atoms with Crippen molar-refractivity contribution in [1.29, 1.82) is 0 Å². The Morgan fingerprint density at radius 3 is 2.54 bits per heavy atom. The molecular formula is C9H19NO2S. The van der Waals surface area contributed by atoms with E-state index in [4.69, 9.17) is 4.74 Å². The van der Waals surface area contributed by atoms with Crippen molar-refractivity contribution in [1.82, 2.24) is 5.32 Å². The van der Waals surface area contributed by atoms with Crippen LogP contribution in [0.5, 0.6) is 0 Å². The second kappa shape index (κ2) is 6.27. The molecule has 0 aliphatic rings. The zero-order chi connectivity index (χ0) is 10.3. The van der Waals surface area contributed by atoms with Crippen LogP contribution in [0.2, 0.25) is 0 Å². The fourth-order valence-corrected chi connectivity index (χ4v) is 0.845. The first-order chi connectivity index (χ1) is 5.95. The summed E-state index contributed by atoms with van der Waals surface area (Å²) in [6.07, 6.45) is 0.422. The molecule has 3 nitrogen and oxygen atoms in total. The van der Waals surface area contributed by atoms with Crippen molar-refractivity contribution in [2.75, 3.05) is 18.9 Å². The van der Waals surface area contributed by atoms with Crippen LogP contribution >= 0.6 is 12.6 Å². The summed E-state index contributed by atoms with van der Waals surface area (Å²) in [4.78, 5) is 11.1. The van der Waals surface area contributed by atoms with Crippen LogP contribution in [0, 0.1) is 0 Å². The second-order valence-electron chi connectivity index (χ2n) is 3.78. The number of thiol groups is 1. The molecule has 0 radical (unpaired) electrons. The van der Waals surface area contributed by atoms with Gasteiger partial charge in [-0.2, -0.15) is 12.6 Å². The van der Waals surface area contributed by atoms with E-state index in [1.165, 1.54) is 0 Å². The van der Waals surface area contributed by atoms with Gasteiger partial charge in [-0.05, 0) is 20.8 Å². The molecule has 1 amide bonds. The van der Waals surface area contributed by atoms with Crippen molar-refractivity contribution in [3.63, 3.8) is 0 Å². The third kappa shape index (κ3) is 9.70. The van der Waals surface area contributed by atoms with Crippen molar-refractivity contribution in [3.8, 4) is 0 Å². The normalized spacial score (nSPS) is 11.4. The van der Waals surface area contributed by atoms with Crippen LogP contribution in [-0.2, 0) is 9.53 Å². The van der Waals surface area contributed by atoms with E-state index in [9.17, 15) is 4.79 Å². The number of amides is 1. The Labute approximate surface area is 85.6 Å². The molecule has 0 saturated heterocycles. The molecule has 0 aromatic heterocycles. The van der Waals surface area contributed by atoms with Gasteiger partial charge in [-0.3, -0.25) is 4.79 Å². The van der Waals surface area contributed by atoms with Crippen LogP contribution in [0.1, 0.15) is 27.2 Å². The Bertz CT molecular complexity index is 154. The van der Waals surface area contributed by atoms with E-state index in [1.54, 1.807) is 0 Å². The third-order valence-corrected chi connectivity index (χ3v) is 1.52. The molecular weight excluding hydrogens is 186 g/mol. The molecule has 0 rings (SSSR count). The number of carbonyl (C=O) groups is 1. The summed E-state index contributed by atoms with van der Waals surface area (Å²) < 4.78 is 5.40. The van der Waals surface area contributed by atoms with Crippen LogP contribution in [0.25, 0.3) is 0 Å². The molecule has 4 heteroatoms. The molecule has 0 aromatic rings. The highest BCUT2D eigenvalue weighted by Crippen LogP contribution is 2.06. The Hall–Kier alpha value is -0.220. The molecule has 0 unspecified atom stereocenters. The Kier molecular flexibility index (Phi) is 6.16. The maximum Gasteiger partial charge on any atom is 0.222 e. The van der Waals surface area contributed by atoms with Gasteiger partial charge in [-0.15, -0.1) is 0 Å². The van der Waals surface area contributed by atoms with Crippen molar-refractivity contribution in [2.45, 2.75) is 32.8 Å². The molecule has 0 atom stereocenters. The van der Waals surface area contributed by atoms with Gasteiger partial charge >= 0.3 is 0 Å². The number of rotatable bonds is 5. The predicted molar refractivity (Wildman–Crippen MR) is 57.2 cm³/mol. The largest absolute Gasteiger partial charge is 0.375 e. The molecule has 0 aliphatic carbocycles. The first-order valence-corrected chi connectivity index (χ1v) is 5.10. The van der Waals surface area contributed by atoms with Crippen LogP contribution in [0.3, 0.4) is 0 Å². The van der Waals surface area contributed by atoms with Crippen molar-refractivity contribution in [3.05, 3.63) is 0 Å². The van der Waals surface area contributed by atoms with E-state index >= 15 is 0 Å². The van der Waals surface area contributed by atoms with Crippen molar-refractivity contribution in [2.24, 2.45) is 0 Å². The predicted octanol–water partition coefficient (Wildman–Crippen LogP) is 1.24. The van der Waals surface area contributed by atoms with E-state index in [0.29, 0.717) is 25.3 Å². The fraction of sp³-hybridized carbons (Fsp3) is 0.889. The summed E-state index contributed by atoms with van der Waals surface area (Å²) in [6.45, 7) is 7.01. The van der Waals surface area contributed by atoms with Gasteiger partial charge in [0.2, 0.25) is 5.91 Å². The van der Waals surface area contributed by atoms with Gasteiger partial charge in [-0.25, -0.2) is 0 Å². The number of hydrogen-bond donors (Lipinski definition) is 2. The van der Waals surface area contributed by atoms with Crippen LogP contribution < -0.4 is 5.32 Å². The monoisotopic (exact) mass is 205 g/mol. The van der Waals surface area contributed by atoms with E-state index in [2.05, 4.69) is 17.9 Å². The Morgan fingerprint density at radius 2 is 2.08 bits per heavy atom. The topological polar surface area (TPSA) is 38.3 Å². The van der Waals surface area contributed by atoms with Gasteiger partial charge in [0, 0.05) is 18.7 Å². The maximum atomic E-state index is 11.1. The molecule has 0 fully saturated rings. The average molecular weight is 205 g/mol. The number of hydrogen-bond acceptors (Lipinski definition) is 3. The van der Waals surface area contributed by atoms with E-state index in [0.717, 1.165) is 0 Å². The van der Waals surface area contributed by atoms with Crippen molar-refractivity contribution < 1.29 is 9.53 Å². The van der Waals surface area contributed by atoms with E-state index < -0.39 is 0 Å². The number of ether oxygens (including phenoxy) is 1. The van der Waals surface area contributed by atoms with Gasteiger partial charge < -0.3 is 10.1 Å². The standard InChI is InChI=1S/C9H19NO2S/c1-9(2,3)12-6-4-8(11)10-5-7-13/h13H,4-7H2,1-3H3,(H,10,11). The zero-order valence-electron chi connectivity index (χ0n) is 8.59. The van der Waals surface area contributed by atoms with Gasteiger partial charge in [-0.1, -0.05) is 0 Å². The highest BCUT2D eigenvalue weighted by Gasteiger charge is 2.10. The number of nitrogens with one attached hydrogen (secondary N) is 1. The highest BCUT2D eigenvalue weighted by atomic mass is 32.1. The number of carbonyl (C=O) groups excluding carboxylic acids is 1. The van der Waals surface area contributed by atoms with E-state index in [-0.39, 0.29) is 11.5 Å². The quantitative estimate of drug-likeness (QED) is 0.663. The molecule has 13 heavy (non-hydrogen) atoms. The average Bonchev–Trinajstić information content (AvgIpc) is 1.98. The molecule has 0 saturated carbocycles. The summed E-state index contributed by atoms with van der Waals surface area (Å²) in [5.74, 6) is 0.699. The van der Waals surface area contributed by atoms with Crippen molar-refractivity contribution >= 4 is 18.5 Å². The summed E-state index contributed by atoms with van der Waals surface area (Å²) in [7, 11) is 0. The summed E-state index contributed by atoms with van der Waals surface area (Å²) >= 11 is 3.99. The van der Waals surface area contributed by atoms with Gasteiger partial charge in [0.05, 0.1) is 12.2 Å². The lowest BCUT2D eigenvalue weighted by molar-refractivity contribution is -0.123. The lowest BCUT2D eigenvalue weighted by Gasteiger charge is -2.19. The van der Waals surface area contributed by atoms with Crippen LogP contribution in [0.15, 0.2) is 0 Å². The first kappa shape index (κ1) is 12.8. The van der Waals surface area contributed by atoms with Crippen LogP contribution in [-0.4, -0.2) is 30.4 Å². The maximum absolute atomic E-state index is 11.1. The SMILES string of the molecule is CC(C)(C)OCCC(=O)NCCS. The smallest absolute Gasteiger partial charge is 0.222 e. The summed E-state index contributed by atoms with van der Waals surface area (Å²) in [5, 5.41) is 2.72. The second-order valence-corrected chi connectivity index (χ2v) is 4.23. The Balaban J connectivity index is 3.37. The Morgan fingerprint density at radius 1 is 1.46 bits per heavy atom. The molecule has 0 aromatic carbocycles. The minimum atomic E-state index is -0.163. The van der Waals surface area contributed by atoms with Gasteiger partial charge in [0.15, 0.2) is 0 Å². The molecule has 0 bridgehead atoms. The minimum Gasteiger partial charge on any atom is -0.375 e. The third-order valence-electron chi connectivity index (χ3n) is 1.30.